The summed E-state index contributed by atoms with van der Waals surface area (Å²) >= 11 is 0. The lowest BCUT2D eigenvalue weighted by Gasteiger charge is -2.26. The molecule has 3 rings (SSSR count). The summed E-state index contributed by atoms with van der Waals surface area (Å²) in [7, 11) is 0. The summed E-state index contributed by atoms with van der Waals surface area (Å²) in [6, 6.07) is 11.3. The molecule has 0 aliphatic carbocycles. The molecule has 2 aromatic rings. The number of rotatable bonds is 3. The predicted molar refractivity (Wildman–Crippen MR) is 85.1 cm³/mol. The van der Waals surface area contributed by atoms with Crippen LogP contribution in [0.5, 0.6) is 0 Å². The number of nitriles is 1. The van der Waals surface area contributed by atoms with Gasteiger partial charge < -0.3 is 14.1 Å². The van der Waals surface area contributed by atoms with Gasteiger partial charge in [-0.25, -0.2) is 4.39 Å². The summed E-state index contributed by atoms with van der Waals surface area (Å²) < 4.78 is 24.1. The molecule has 0 saturated carbocycles. The molecule has 2 heterocycles. The second kappa shape index (κ2) is 7.11. The average molecular weight is 326 g/mol. The van der Waals surface area contributed by atoms with Crippen molar-refractivity contribution in [3.63, 3.8) is 0 Å². The van der Waals surface area contributed by atoms with Crippen molar-refractivity contribution in [2.24, 2.45) is 0 Å². The van der Waals surface area contributed by atoms with Gasteiger partial charge in [0.25, 0.3) is 5.91 Å². The highest BCUT2D eigenvalue weighted by Gasteiger charge is 2.21. The van der Waals surface area contributed by atoms with Crippen LogP contribution in [0, 0.1) is 17.1 Å². The molecular weight excluding hydrogens is 311 g/mol. The van der Waals surface area contributed by atoms with Crippen molar-refractivity contribution in [3.05, 3.63) is 53.5 Å². The van der Waals surface area contributed by atoms with Gasteiger partial charge in [0.2, 0.25) is 0 Å². The lowest BCUT2D eigenvalue weighted by Crippen LogP contribution is -2.41. The SMILES string of the molecule is N#C/C(=C/c1ccc(-c2cccc(F)c2)o1)C(=O)N1CCOCC1. The fraction of sp³-hybridized carbons (Fsp3) is 0.222. The Morgan fingerprint density at radius 2 is 2.04 bits per heavy atom. The van der Waals surface area contributed by atoms with Gasteiger partial charge in [-0.05, 0) is 24.3 Å². The Labute approximate surface area is 138 Å². The molecule has 6 heteroatoms. The van der Waals surface area contributed by atoms with Gasteiger partial charge in [0.05, 0.1) is 13.2 Å². The third-order valence-electron chi connectivity index (χ3n) is 3.67. The lowest BCUT2D eigenvalue weighted by atomic mass is 10.2. The Bertz CT molecular complexity index is 814. The van der Waals surface area contributed by atoms with E-state index in [-0.39, 0.29) is 17.3 Å². The summed E-state index contributed by atoms with van der Waals surface area (Å²) in [6.45, 7) is 1.86. The topological polar surface area (TPSA) is 66.5 Å². The molecule has 0 spiro atoms. The predicted octanol–water partition coefficient (Wildman–Crippen LogP) is 2.85. The second-order valence-electron chi connectivity index (χ2n) is 5.29. The Morgan fingerprint density at radius 3 is 2.75 bits per heavy atom. The fourth-order valence-electron chi connectivity index (χ4n) is 2.45. The largest absolute Gasteiger partial charge is 0.457 e. The Kier molecular flexibility index (Phi) is 4.73. The standard InChI is InChI=1S/C18H15FN2O3/c19-15-3-1-2-13(10-15)17-5-4-16(24-17)11-14(12-20)18(22)21-6-8-23-9-7-21/h1-5,10-11H,6-9H2/b14-11-. The molecule has 5 nitrogen and oxygen atoms in total. The number of morpholine rings is 1. The molecule has 0 bridgehead atoms. The average Bonchev–Trinajstić information content (AvgIpc) is 3.08. The number of halogens is 1. The molecule has 1 aliphatic rings. The molecule has 1 amide bonds. The quantitative estimate of drug-likeness (QED) is 0.642. The summed E-state index contributed by atoms with van der Waals surface area (Å²) in [5.74, 6) is 0.134. The maximum absolute atomic E-state index is 13.3. The van der Waals surface area contributed by atoms with Crippen LogP contribution in [-0.4, -0.2) is 37.1 Å². The van der Waals surface area contributed by atoms with E-state index in [4.69, 9.17) is 9.15 Å². The van der Waals surface area contributed by atoms with E-state index >= 15 is 0 Å². The van der Waals surface area contributed by atoms with Crippen molar-refractivity contribution in [1.82, 2.24) is 4.90 Å². The Morgan fingerprint density at radius 1 is 1.25 bits per heavy atom. The second-order valence-corrected chi connectivity index (χ2v) is 5.29. The number of furan rings is 1. The van der Waals surface area contributed by atoms with Crippen molar-refractivity contribution in [2.75, 3.05) is 26.3 Å². The smallest absolute Gasteiger partial charge is 0.264 e. The van der Waals surface area contributed by atoms with Crippen molar-refractivity contribution in [2.45, 2.75) is 0 Å². The van der Waals surface area contributed by atoms with E-state index in [0.717, 1.165) is 0 Å². The number of amides is 1. The summed E-state index contributed by atoms with van der Waals surface area (Å²) in [5, 5.41) is 9.26. The zero-order valence-electron chi connectivity index (χ0n) is 12.9. The number of nitrogens with zero attached hydrogens (tertiary/aromatic N) is 2. The van der Waals surface area contributed by atoms with Crippen LogP contribution in [0.15, 0.2) is 46.4 Å². The van der Waals surface area contributed by atoms with Gasteiger partial charge in [0, 0.05) is 24.7 Å². The minimum atomic E-state index is -0.360. The number of carbonyl (C=O) groups is 1. The van der Waals surface area contributed by atoms with Gasteiger partial charge in [-0.3, -0.25) is 4.79 Å². The van der Waals surface area contributed by atoms with Crippen LogP contribution in [0.25, 0.3) is 17.4 Å². The van der Waals surface area contributed by atoms with Gasteiger partial charge in [-0.15, -0.1) is 0 Å². The molecule has 0 N–H and O–H groups in total. The summed E-state index contributed by atoms with van der Waals surface area (Å²) in [6.07, 6.45) is 1.40. The first-order chi connectivity index (χ1) is 11.7. The third-order valence-corrected chi connectivity index (χ3v) is 3.67. The third kappa shape index (κ3) is 3.53. The molecule has 0 unspecified atom stereocenters. The molecule has 1 aromatic carbocycles. The van der Waals surface area contributed by atoms with Gasteiger partial charge in [-0.1, -0.05) is 12.1 Å². The Balaban J connectivity index is 1.82. The minimum Gasteiger partial charge on any atom is -0.457 e. The molecule has 122 valence electrons. The maximum atomic E-state index is 13.3. The molecular formula is C18H15FN2O3. The van der Waals surface area contributed by atoms with E-state index in [1.54, 1.807) is 29.2 Å². The fourth-order valence-corrected chi connectivity index (χ4v) is 2.45. The van der Waals surface area contributed by atoms with E-state index in [9.17, 15) is 14.4 Å². The van der Waals surface area contributed by atoms with Crippen molar-refractivity contribution in [1.29, 1.82) is 5.26 Å². The highest BCUT2D eigenvalue weighted by Crippen LogP contribution is 2.24. The van der Waals surface area contributed by atoms with E-state index in [2.05, 4.69) is 0 Å². The first-order valence-electron chi connectivity index (χ1n) is 7.52. The molecule has 0 radical (unpaired) electrons. The van der Waals surface area contributed by atoms with Crippen molar-refractivity contribution in [3.8, 4) is 17.4 Å². The molecule has 0 atom stereocenters. The van der Waals surface area contributed by atoms with Crippen LogP contribution >= 0.6 is 0 Å². The first-order valence-corrected chi connectivity index (χ1v) is 7.52. The zero-order chi connectivity index (χ0) is 16.9. The summed E-state index contributed by atoms with van der Waals surface area (Å²) in [4.78, 5) is 13.9. The maximum Gasteiger partial charge on any atom is 0.264 e. The van der Waals surface area contributed by atoms with Gasteiger partial charge >= 0.3 is 0 Å². The number of hydrogen-bond acceptors (Lipinski definition) is 4. The monoisotopic (exact) mass is 326 g/mol. The van der Waals surface area contributed by atoms with Gasteiger partial charge in [-0.2, -0.15) is 5.26 Å². The number of benzene rings is 1. The number of carbonyl (C=O) groups excluding carboxylic acids is 1. The summed E-state index contributed by atoms with van der Waals surface area (Å²) in [5.41, 5.74) is 0.588. The van der Waals surface area contributed by atoms with Crippen LogP contribution in [0.4, 0.5) is 4.39 Å². The molecule has 1 aromatic heterocycles. The highest BCUT2D eigenvalue weighted by atomic mass is 19.1. The van der Waals surface area contributed by atoms with Gasteiger partial charge in [0.15, 0.2) is 0 Å². The van der Waals surface area contributed by atoms with Crippen LogP contribution in [0.3, 0.4) is 0 Å². The first kappa shape index (κ1) is 16.0. The molecule has 1 aliphatic heterocycles. The van der Waals surface area contributed by atoms with E-state index in [1.165, 1.54) is 18.2 Å². The lowest BCUT2D eigenvalue weighted by molar-refractivity contribution is -0.130. The van der Waals surface area contributed by atoms with E-state index in [0.29, 0.717) is 43.4 Å². The highest BCUT2D eigenvalue weighted by molar-refractivity contribution is 6.01. The van der Waals surface area contributed by atoms with Crippen LogP contribution in [0.1, 0.15) is 5.76 Å². The zero-order valence-corrected chi connectivity index (χ0v) is 12.9. The molecule has 1 fully saturated rings. The molecule has 24 heavy (non-hydrogen) atoms. The van der Waals surface area contributed by atoms with Crippen molar-refractivity contribution < 1.29 is 18.3 Å². The normalized spacial score (nSPS) is 15.2. The number of ether oxygens (including phenoxy) is 1. The van der Waals surface area contributed by atoms with Gasteiger partial charge in [0.1, 0.15) is 29.0 Å². The Hall–Kier alpha value is -2.91. The van der Waals surface area contributed by atoms with E-state index in [1.807, 2.05) is 6.07 Å². The van der Waals surface area contributed by atoms with Crippen LogP contribution in [0.2, 0.25) is 0 Å². The van der Waals surface area contributed by atoms with Crippen molar-refractivity contribution >= 4 is 12.0 Å². The van der Waals surface area contributed by atoms with Crippen LogP contribution in [-0.2, 0) is 9.53 Å². The number of hydrogen-bond donors (Lipinski definition) is 0. The minimum absolute atomic E-state index is 0.00274. The van der Waals surface area contributed by atoms with Crippen LogP contribution < -0.4 is 0 Å². The molecule has 1 saturated heterocycles. The van der Waals surface area contributed by atoms with E-state index < -0.39 is 0 Å².